The van der Waals surface area contributed by atoms with E-state index < -0.39 is 13.9 Å². The molecule has 0 aliphatic rings. The molecule has 0 radical (unpaired) electrons. The number of phosphoric acid groups is 1. The number of carbonyl (C=O) groups excluding carboxylic acids is 1. The van der Waals surface area contributed by atoms with Crippen LogP contribution in [-0.2, 0) is 27.9 Å². The lowest BCUT2D eigenvalue weighted by Gasteiger charge is -2.20. The molecule has 0 aromatic rings. The summed E-state index contributed by atoms with van der Waals surface area (Å²) in [7, 11) is -4.26. The molecule has 2 atom stereocenters. The SMILES string of the molecule is CCCCCCCCCCCCCCCCCCCCCCCCCOCC(COP(=O)(O)OCCN)OC(=O)CCCCCCCCCCC. The van der Waals surface area contributed by atoms with Crippen LogP contribution in [0.2, 0.25) is 0 Å². The first kappa shape index (κ1) is 50.5. The van der Waals surface area contributed by atoms with E-state index in [4.69, 9.17) is 24.3 Å². The number of ether oxygens (including phenoxy) is 2. The van der Waals surface area contributed by atoms with E-state index in [-0.39, 0.29) is 32.3 Å². The van der Waals surface area contributed by atoms with Crippen LogP contribution < -0.4 is 5.73 Å². The Morgan fingerprint density at radius 2 is 0.863 bits per heavy atom. The van der Waals surface area contributed by atoms with Gasteiger partial charge in [0.1, 0.15) is 6.10 Å². The number of carbonyl (C=O) groups is 1. The summed E-state index contributed by atoms with van der Waals surface area (Å²) in [6, 6.07) is 0. The van der Waals surface area contributed by atoms with Gasteiger partial charge in [0.2, 0.25) is 0 Å². The summed E-state index contributed by atoms with van der Waals surface area (Å²) in [6.07, 6.45) is 41.4. The summed E-state index contributed by atoms with van der Waals surface area (Å²) >= 11 is 0. The van der Waals surface area contributed by atoms with Crippen molar-refractivity contribution in [2.75, 3.05) is 33.0 Å². The highest BCUT2D eigenvalue weighted by Gasteiger charge is 2.25. The van der Waals surface area contributed by atoms with Crippen LogP contribution in [0.15, 0.2) is 0 Å². The number of nitrogens with two attached hydrogens (primary N) is 1. The Balaban J connectivity index is 3.82. The Bertz CT molecular complexity index is 757. The minimum Gasteiger partial charge on any atom is -0.457 e. The summed E-state index contributed by atoms with van der Waals surface area (Å²) in [5.41, 5.74) is 5.36. The fraction of sp³-hybridized carbons (Fsp3) is 0.976. The number of rotatable bonds is 43. The fourth-order valence-corrected chi connectivity index (χ4v) is 7.29. The summed E-state index contributed by atoms with van der Waals surface area (Å²) in [5, 5.41) is 0. The molecule has 9 heteroatoms. The topological polar surface area (TPSA) is 117 Å². The lowest BCUT2D eigenvalue weighted by molar-refractivity contribution is -0.154. The molecule has 0 amide bonds. The maximum atomic E-state index is 12.5. The Morgan fingerprint density at radius 3 is 1.24 bits per heavy atom. The maximum absolute atomic E-state index is 12.5. The molecule has 8 nitrogen and oxygen atoms in total. The van der Waals surface area contributed by atoms with E-state index in [0.29, 0.717) is 13.0 Å². The second-order valence-corrected chi connectivity index (χ2v) is 16.4. The minimum absolute atomic E-state index is 0.0904. The monoisotopic (exact) mass is 748 g/mol. The summed E-state index contributed by atoms with van der Waals surface area (Å²) in [6.45, 7) is 4.95. The van der Waals surface area contributed by atoms with Gasteiger partial charge in [0.15, 0.2) is 0 Å². The van der Waals surface area contributed by atoms with E-state index in [1.165, 1.54) is 173 Å². The molecule has 0 saturated carbocycles. The standard InChI is InChI=1S/C42H86NO7P/c1-3-5-7-9-11-13-14-15-16-17-18-19-20-21-22-23-24-25-26-28-30-32-34-37-47-39-41(40-49-51(45,46)48-38-36-43)50-42(44)35-33-31-29-27-12-10-8-6-4-2/h41H,3-40,43H2,1-2H3,(H,45,46). The normalized spacial score (nSPS) is 13.4. The lowest BCUT2D eigenvalue weighted by atomic mass is 10.0. The second-order valence-electron chi connectivity index (χ2n) is 14.9. The van der Waals surface area contributed by atoms with E-state index in [9.17, 15) is 14.3 Å². The molecule has 0 aromatic heterocycles. The fourth-order valence-electron chi connectivity index (χ4n) is 6.53. The van der Waals surface area contributed by atoms with Crippen LogP contribution in [0.4, 0.5) is 0 Å². The molecule has 0 rings (SSSR count). The predicted molar refractivity (Wildman–Crippen MR) is 215 cm³/mol. The predicted octanol–water partition coefficient (Wildman–Crippen LogP) is 12.9. The van der Waals surface area contributed by atoms with Gasteiger partial charge in [-0.25, -0.2) is 4.57 Å². The largest absolute Gasteiger partial charge is 0.472 e. The molecule has 0 saturated heterocycles. The van der Waals surface area contributed by atoms with E-state index in [2.05, 4.69) is 13.8 Å². The van der Waals surface area contributed by atoms with Crippen molar-refractivity contribution in [1.29, 1.82) is 0 Å². The van der Waals surface area contributed by atoms with Crippen LogP contribution in [0, 0.1) is 0 Å². The van der Waals surface area contributed by atoms with E-state index >= 15 is 0 Å². The van der Waals surface area contributed by atoms with Crippen molar-refractivity contribution in [2.45, 2.75) is 232 Å². The van der Waals surface area contributed by atoms with Gasteiger partial charge in [0.05, 0.1) is 19.8 Å². The number of hydrogen-bond donors (Lipinski definition) is 2. The molecule has 2 unspecified atom stereocenters. The van der Waals surface area contributed by atoms with Gasteiger partial charge < -0.3 is 20.1 Å². The van der Waals surface area contributed by atoms with Crippen molar-refractivity contribution in [1.82, 2.24) is 0 Å². The van der Waals surface area contributed by atoms with Crippen LogP contribution in [0.3, 0.4) is 0 Å². The van der Waals surface area contributed by atoms with Gasteiger partial charge in [-0.2, -0.15) is 0 Å². The van der Waals surface area contributed by atoms with E-state index in [1.807, 2.05) is 0 Å². The average molecular weight is 748 g/mol. The Hall–Kier alpha value is -0.500. The van der Waals surface area contributed by atoms with Crippen LogP contribution >= 0.6 is 7.82 Å². The quantitative estimate of drug-likeness (QED) is 0.0360. The summed E-state index contributed by atoms with van der Waals surface area (Å²) in [4.78, 5) is 22.3. The molecule has 0 aromatic carbocycles. The molecular formula is C42H86NO7P. The summed E-state index contributed by atoms with van der Waals surface area (Å²) in [5.74, 6) is -0.328. The highest BCUT2D eigenvalue weighted by atomic mass is 31.2. The highest BCUT2D eigenvalue weighted by Crippen LogP contribution is 2.43. The first-order chi connectivity index (χ1) is 24.9. The van der Waals surface area contributed by atoms with Gasteiger partial charge in [-0.3, -0.25) is 13.8 Å². The maximum Gasteiger partial charge on any atom is 0.472 e. The third-order valence-electron chi connectivity index (χ3n) is 9.77. The lowest BCUT2D eigenvalue weighted by Crippen LogP contribution is -2.28. The summed E-state index contributed by atoms with van der Waals surface area (Å²) < 4.78 is 33.3. The Kier molecular flexibility index (Phi) is 40.3. The molecule has 3 N–H and O–H groups in total. The smallest absolute Gasteiger partial charge is 0.457 e. The molecule has 51 heavy (non-hydrogen) atoms. The van der Waals surface area contributed by atoms with Crippen LogP contribution in [0.25, 0.3) is 0 Å². The van der Waals surface area contributed by atoms with Gasteiger partial charge in [-0.15, -0.1) is 0 Å². The number of phosphoric ester groups is 1. The van der Waals surface area contributed by atoms with Gasteiger partial charge >= 0.3 is 13.8 Å². The van der Waals surface area contributed by atoms with E-state index in [1.54, 1.807) is 0 Å². The number of hydrogen-bond acceptors (Lipinski definition) is 7. The minimum atomic E-state index is -4.26. The van der Waals surface area contributed by atoms with Gasteiger partial charge in [0.25, 0.3) is 0 Å². The molecule has 0 heterocycles. The Morgan fingerprint density at radius 1 is 0.510 bits per heavy atom. The molecule has 0 fully saturated rings. The van der Waals surface area contributed by atoms with E-state index in [0.717, 1.165) is 32.1 Å². The van der Waals surface area contributed by atoms with Gasteiger partial charge in [-0.05, 0) is 12.8 Å². The van der Waals surface area contributed by atoms with Crippen LogP contribution in [0.1, 0.15) is 226 Å². The second kappa shape index (κ2) is 40.7. The molecular weight excluding hydrogens is 661 g/mol. The van der Waals surface area contributed by atoms with Crippen molar-refractivity contribution in [3.63, 3.8) is 0 Å². The molecule has 306 valence electrons. The Labute approximate surface area is 316 Å². The zero-order valence-corrected chi connectivity index (χ0v) is 34.8. The number of esters is 1. The molecule has 0 bridgehead atoms. The zero-order valence-electron chi connectivity index (χ0n) is 33.9. The molecule has 0 aliphatic carbocycles. The highest BCUT2D eigenvalue weighted by molar-refractivity contribution is 7.47. The average Bonchev–Trinajstić information content (AvgIpc) is 3.12. The third kappa shape index (κ3) is 40.5. The van der Waals surface area contributed by atoms with Crippen molar-refractivity contribution in [3.8, 4) is 0 Å². The number of unbranched alkanes of at least 4 members (excludes halogenated alkanes) is 30. The zero-order chi connectivity index (χ0) is 37.4. The van der Waals surface area contributed by atoms with Gasteiger partial charge in [-0.1, -0.05) is 206 Å². The van der Waals surface area contributed by atoms with Crippen molar-refractivity contribution in [2.24, 2.45) is 5.73 Å². The van der Waals surface area contributed by atoms with Crippen LogP contribution in [-0.4, -0.2) is 49.9 Å². The molecule has 0 spiro atoms. The van der Waals surface area contributed by atoms with Crippen molar-refractivity contribution in [3.05, 3.63) is 0 Å². The first-order valence-corrected chi connectivity index (χ1v) is 23.5. The van der Waals surface area contributed by atoms with Crippen LogP contribution in [0.5, 0.6) is 0 Å². The third-order valence-corrected chi connectivity index (χ3v) is 10.8. The van der Waals surface area contributed by atoms with Crippen molar-refractivity contribution >= 4 is 13.8 Å². The molecule has 0 aliphatic heterocycles. The van der Waals surface area contributed by atoms with Crippen molar-refractivity contribution < 1.29 is 32.8 Å². The van der Waals surface area contributed by atoms with Gasteiger partial charge in [0, 0.05) is 19.6 Å². The first-order valence-electron chi connectivity index (χ1n) is 22.0.